The molecule has 2 N–H and O–H groups in total. The van der Waals surface area contributed by atoms with Crippen molar-refractivity contribution in [2.75, 3.05) is 0 Å². The smallest absolute Gasteiger partial charge is 0.311 e. The van der Waals surface area contributed by atoms with E-state index < -0.39 is 16.4 Å². The number of carbonyl (C=O) groups is 1. The Labute approximate surface area is 123 Å². The summed E-state index contributed by atoms with van der Waals surface area (Å²) in [7, 11) is 0. The molecule has 2 rings (SSSR count). The van der Waals surface area contributed by atoms with Gasteiger partial charge < -0.3 is 5.11 Å². The van der Waals surface area contributed by atoms with Gasteiger partial charge in [0.15, 0.2) is 0 Å². The Morgan fingerprint density at radius 2 is 2.29 bits per heavy atom. The van der Waals surface area contributed by atoms with Gasteiger partial charge >= 0.3 is 5.69 Å². The maximum atomic E-state index is 11.6. The van der Waals surface area contributed by atoms with E-state index in [-0.39, 0.29) is 11.5 Å². The number of carbonyl (C=O) groups excluding carboxylic acids is 1. The van der Waals surface area contributed by atoms with Crippen molar-refractivity contribution in [3.05, 3.63) is 55.8 Å². The summed E-state index contributed by atoms with van der Waals surface area (Å²) in [6.45, 7) is 1.66. The van der Waals surface area contributed by atoms with Gasteiger partial charge in [0.1, 0.15) is 0 Å². The minimum absolute atomic E-state index is 0.160. The summed E-state index contributed by atoms with van der Waals surface area (Å²) in [5.74, 6) is -0.873. The number of benzene rings is 1. The fourth-order valence-corrected chi connectivity index (χ4v) is 2.26. The van der Waals surface area contributed by atoms with E-state index >= 15 is 0 Å². The molecule has 0 saturated heterocycles. The standard InChI is InChI=1S/C13H11N3O4S/c1-8-5-9(12(17)10(6-8)16(19)20)7-14-15-13(18)11-3-2-4-21-11/h2-7,17H,1H3,(H,15,18)/b14-7-. The topological polar surface area (TPSA) is 105 Å². The Bertz CT molecular complexity index is 710. The van der Waals surface area contributed by atoms with E-state index in [1.54, 1.807) is 24.4 Å². The van der Waals surface area contributed by atoms with Crippen molar-refractivity contribution in [1.29, 1.82) is 0 Å². The average Bonchev–Trinajstić information content (AvgIpc) is 2.95. The predicted molar refractivity (Wildman–Crippen MR) is 78.9 cm³/mol. The fraction of sp³-hybridized carbons (Fsp3) is 0.0769. The number of hydrogen-bond acceptors (Lipinski definition) is 6. The number of aryl methyl sites for hydroxylation is 1. The number of hydrazone groups is 1. The summed E-state index contributed by atoms with van der Waals surface area (Å²) in [5.41, 5.74) is 2.65. The van der Waals surface area contributed by atoms with Gasteiger partial charge in [-0.25, -0.2) is 5.43 Å². The van der Waals surface area contributed by atoms with Gasteiger partial charge in [0.05, 0.1) is 16.0 Å². The molecular weight excluding hydrogens is 294 g/mol. The van der Waals surface area contributed by atoms with Gasteiger partial charge in [-0.15, -0.1) is 11.3 Å². The SMILES string of the molecule is Cc1cc(/C=N\NC(=O)c2cccs2)c(O)c([N+](=O)[O-])c1. The molecule has 8 heteroatoms. The molecule has 1 aromatic carbocycles. The van der Waals surface area contributed by atoms with E-state index in [1.807, 2.05) is 0 Å². The minimum Gasteiger partial charge on any atom is -0.502 e. The highest BCUT2D eigenvalue weighted by Gasteiger charge is 2.17. The molecule has 0 aliphatic carbocycles. The first kappa shape index (κ1) is 14.7. The lowest BCUT2D eigenvalue weighted by atomic mass is 10.1. The van der Waals surface area contributed by atoms with Gasteiger partial charge in [-0.3, -0.25) is 14.9 Å². The second-order valence-corrected chi connectivity index (χ2v) is 5.10. The minimum atomic E-state index is -0.677. The first-order valence-corrected chi connectivity index (χ1v) is 6.72. The zero-order valence-electron chi connectivity index (χ0n) is 10.9. The van der Waals surface area contributed by atoms with Gasteiger partial charge in [0, 0.05) is 11.6 Å². The molecule has 0 fully saturated rings. The molecule has 0 spiro atoms. The van der Waals surface area contributed by atoms with Crippen molar-refractivity contribution in [3.8, 4) is 5.75 Å². The second-order valence-electron chi connectivity index (χ2n) is 4.16. The Hall–Kier alpha value is -2.74. The van der Waals surface area contributed by atoms with Crippen LogP contribution in [-0.4, -0.2) is 22.2 Å². The van der Waals surface area contributed by atoms with Crippen LogP contribution in [0, 0.1) is 17.0 Å². The zero-order valence-corrected chi connectivity index (χ0v) is 11.8. The predicted octanol–water partition coefficient (Wildman–Crippen LogP) is 2.43. The highest BCUT2D eigenvalue weighted by atomic mass is 32.1. The van der Waals surface area contributed by atoms with Gasteiger partial charge in [-0.05, 0) is 30.0 Å². The molecule has 0 aliphatic rings. The van der Waals surface area contributed by atoms with Gasteiger partial charge in [-0.1, -0.05) is 6.07 Å². The van der Waals surface area contributed by atoms with Crippen LogP contribution < -0.4 is 5.43 Å². The number of amides is 1. The van der Waals surface area contributed by atoms with Crippen molar-refractivity contribution in [2.45, 2.75) is 6.92 Å². The summed E-state index contributed by atoms with van der Waals surface area (Å²) in [4.78, 5) is 22.2. The number of nitro groups is 1. The number of hydrogen-bond donors (Lipinski definition) is 2. The maximum Gasteiger partial charge on any atom is 0.311 e. The molecule has 0 saturated carbocycles. The second kappa shape index (κ2) is 6.14. The molecule has 2 aromatic rings. The molecule has 108 valence electrons. The monoisotopic (exact) mass is 305 g/mol. The van der Waals surface area contributed by atoms with Gasteiger partial charge in [0.2, 0.25) is 5.75 Å². The Kier molecular flexibility index (Phi) is 4.29. The van der Waals surface area contributed by atoms with Crippen molar-refractivity contribution in [3.63, 3.8) is 0 Å². The number of phenolic OH excluding ortho intramolecular Hbond substituents is 1. The van der Waals surface area contributed by atoms with E-state index in [1.165, 1.54) is 29.7 Å². The summed E-state index contributed by atoms with van der Waals surface area (Å²) >= 11 is 1.26. The van der Waals surface area contributed by atoms with Crippen LogP contribution in [0.4, 0.5) is 5.69 Å². The molecule has 7 nitrogen and oxygen atoms in total. The summed E-state index contributed by atoms with van der Waals surface area (Å²) in [6, 6.07) is 6.17. The third-order valence-electron chi connectivity index (χ3n) is 2.58. The molecule has 1 heterocycles. The van der Waals surface area contributed by atoms with Crippen molar-refractivity contribution in [2.24, 2.45) is 5.10 Å². The van der Waals surface area contributed by atoms with Crippen LogP contribution in [0.2, 0.25) is 0 Å². The fourth-order valence-electron chi connectivity index (χ4n) is 1.65. The third-order valence-corrected chi connectivity index (χ3v) is 3.44. The highest BCUT2D eigenvalue weighted by Crippen LogP contribution is 2.29. The van der Waals surface area contributed by atoms with Crippen LogP contribution in [0.15, 0.2) is 34.7 Å². The molecule has 1 amide bonds. The lowest BCUT2D eigenvalue weighted by Crippen LogP contribution is -2.16. The van der Waals surface area contributed by atoms with Crippen LogP contribution in [0.25, 0.3) is 0 Å². The average molecular weight is 305 g/mol. The van der Waals surface area contributed by atoms with Gasteiger partial charge in [0.25, 0.3) is 5.91 Å². The maximum absolute atomic E-state index is 11.6. The Balaban J connectivity index is 2.18. The molecular formula is C13H11N3O4S. The number of aromatic hydroxyl groups is 1. The zero-order chi connectivity index (χ0) is 15.4. The van der Waals surface area contributed by atoms with E-state index in [0.29, 0.717) is 10.4 Å². The van der Waals surface area contributed by atoms with E-state index in [4.69, 9.17) is 0 Å². The molecule has 0 atom stereocenters. The number of rotatable bonds is 4. The number of nitro benzene ring substituents is 1. The van der Waals surface area contributed by atoms with Crippen LogP contribution in [0.3, 0.4) is 0 Å². The number of phenols is 1. The first-order chi connectivity index (χ1) is 9.99. The number of thiophene rings is 1. The van der Waals surface area contributed by atoms with Crippen LogP contribution in [-0.2, 0) is 0 Å². The Morgan fingerprint density at radius 3 is 2.90 bits per heavy atom. The van der Waals surface area contributed by atoms with E-state index in [2.05, 4.69) is 10.5 Å². The van der Waals surface area contributed by atoms with Crippen LogP contribution in [0.5, 0.6) is 5.75 Å². The van der Waals surface area contributed by atoms with Crippen molar-refractivity contribution >= 4 is 29.1 Å². The number of nitrogens with zero attached hydrogens (tertiary/aromatic N) is 2. The van der Waals surface area contributed by atoms with Crippen LogP contribution in [0.1, 0.15) is 20.8 Å². The van der Waals surface area contributed by atoms with Crippen molar-refractivity contribution < 1.29 is 14.8 Å². The van der Waals surface area contributed by atoms with Crippen LogP contribution >= 0.6 is 11.3 Å². The highest BCUT2D eigenvalue weighted by molar-refractivity contribution is 7.12. The normalized spacial score (nSPS) is 10.7. The lowest BCUT2D eigenvalue weighted by Gasteiger charge is -2.02. The van der Waals surface area contributed by atoms with Crippen molar-refractivity contribution in [1.82, 2.24) is 5.43 Å². The molecule has 0 bridgehead atoms. The van der Waals surface area contributed by atoms with Gasteiger partial charge in [-0.2, -0.15) is 5.10 Å². The number of nitrogens with one attached hydrogen (secondary N) is 1. The quantitative estimate of drug-likeness (QED) is 0.514. The Morgan fingerprint density at radius 1 is 1.52 bits per heavy atom. The molecule has 0 aliphatic heterocycles. The summed E-state index contributed by atoms with van der Waals surface area (Å²) in [5, 5.41) is 26.0. The summed E-state index contributed by atoms with van der Waals surface area (Å²) in [6.07, 6.45) is 1.17. The first-order valence-electron chi connectivity index (χ1n) is 5.84. The largest absolute Gasteiger partial charge is 0.502 e. The third kappa shape index (κ3) is 3.42. The molecule has 1 aromatic heterocycles. The molecule has 0 unspecified atom stereocenters. The molecule has 0 radical (unpaired) electrons. The lowest BCUT2D eigenvalue weighted by molar-refractivity contribution is -0.385. The summed E-state index contributed by atoms with van der Waals surface area (Å²) < 4.78 is 0. The molecule has 21 heavy (non-hydrogen) atoms. The van der Waals surface area contributed by atoms with E-state index in [0.717, 1.165) is 0 Å². The van der Waals surface area contributed by atoms with E-state index in [9.17, 15) is 20.0 Å².